The lowest BCUT2D eigenvalue weighted by Crippen LogP contribution is -2.05. The van der Waals surface area contributed by atoms with Crippen LogP contribution in [0.3, 0.4) is 0 Å². The lowest BCUT2D eigenvalue weighted by molar-refractivity contribution is 0.996. The van der Waals surface area contributed by atoms with Crippen molar-refractivity contribution in [1.82, 2.24) is 15.2 Å². The summed E-state index contributed by atoms with van der Waals surface area (Å²) >= 11 is 0. The molecule has 104 valence electrons. The maximum absolute atomic E-state index is 5.66. The Labute approximate surface area is 122 Å². The van der Waals surface area contributed by atoms with E-state index in [9.17, 15) is 0 Å². The Morgan fingerprint density at radius 1 is 0.905 bits per heavy atom. The van der Waals surface area contributed by atoms with Gasteiger partial charge in [-0.25, -0.2) is 0 Å². The van der Waals surface area contributed by atoms with Gasteiger partial charge in [0.25, 0.3) is 0 Å². The first-order valence-corrected chi connectivity index (χ1v) is 6.62. The SMILES string of the molecule is Cc1ccc(Nc2nc(N)nnc2-c2ccccc2)cc1. The minimum atomic E-state index is 0.143. The molecule has 0 unspecified atom stereocenters. The van der Waals surface area contributed by atoms with Crippen molar-refractivity contribution in [2.75, 3.05) is 11.1 Å². The first kappa shape index (κ1) is 13.1. The number of hydrogen-bond donors (Lipinski definition) is 2. The molecular weight excluding hydrogens is 262 g/mol. The highest BCUT2D eigenvalue weighted by Gasteiger charge is 2.10. The van der Waals surface area contributed by atoms with Crippen LogP contribution in [0.1, 0.15) is 5.56 Å². The van der Waals surface area contributed by atoms with Crippen LogP contribution in [0.4, 0.5) is 17.5 Å². The van der Waals surface area contributed by atoms with Crippen molar-refractivity contribution < 1.29 is 0 Å². The summed E-state index contributed by atoms with van der Waals surface area (Å²) in [7, 11) is 0. The van der Waals surface area contributed by atoms with Gasteiger partial charge in [0.1, 0.15) is 5.69 Å². The second-order valence-corrected chi connectivity index (χ2v) is 4.72. The van der Waals surface area contributed by atoms with Gasteiger partial charge in [0, 0.05) is 11.3 Å². The molecule has 3 rings (SSSR count). The first-order valence-electron chi connectivity index (χ1n) is 6.62. The summed E-state index contributed by atoms with van der Waals surface area (Å²) < 4.78 is 0. The van der Waals surface area contributed by atoms with Crippen LogP contribution in [-0.2, 0) is 0 Å². The minimum absolute atomic E-state index is 0.143. The predicted octanol–water partition coefficient (Wildman–Crippen LogP) is 3.17. The van der Waals surface area contributed by atoms with Gasteiger partial charge in [-0.1, -0.05) is 48.0 Å². The molecule has 2 aromatic carbocycles. The van der Waals surface area contributed by atoms with E-state index >= 15 is 0 Å². The Bertz CT molecular complexity index is 738. The second kappa shape index (κ2) is 5.58. The molecule has 0 aliphatic heterocycles. The molecule has 0 amide bonds. The Morgan fingerprint density at radius 3 is 2.33 bits per heavy atom. The minimum Gasteiger partial charge on any atom is -0.366 e. The molecule has 5 heteroatoms. The monoisotopic (exact) mass is 277 g/mol. The number of nitrogens with two attached hydrogens (primary N) is 1. The van der Waals surface area contributed by atoms with E-state index in [2.05, 4.69) is 20.5 Å². The Morgan fingerprint density at radius 2 is 1.62 bits per heavy atom. The first-order chi connectivity index (χ1) is 10.2. The van der Waals surface area contributed by atoms with Gasteiger partial charge < -0.3 is 11.1 Å². The number of aryl methyl sites for hydroxylation is 1. The summed E-state index contributed by atoms with van der Waals surface area (Å²) in [5, 5.41) is 11.3. The molecule has 0 spiro atoms. The number of nitrogens with one attached hydrogen (secondary N) is 1. The molecule has 0 bridgehead atoms. The summed E-state index contributed by atoms with van der Waals surface area (Å²) in [6.07, 6.45) is 0. The number of aromatic nitrogens is 3. The Hall–Kier alpha value is -2.95. The van der Waals surface area contributed by atoms with Gasteiger partial charge in [-0.3, -0.25) is 0 Å². The van der Waals surface area contributed by atoms with Crippen LogP contribution in [0.5, 0.6) is 0 Å². The lowest BCUT2D eigenvalue weighted by Gasteiger charge is -2.10. The molecule has 0 aliphatic carbocycles. The van der Waals surface area contributed by atoms with Crippen molar-refractivity contribution in [1.29, 1.82) is 0 Å². The van der Waals surface area contributed by atoms with Crippen LogP contribution >= 0.6 is 0 Å². The highest BCUT2D eigenvalue weighted by atomic mass is 15.2. The summed E-state index contributed by atoms with van der Waals surface area (Å²) in [5.41, 5.74) is 9.39. The highest BCUT2D eigenvalue weighted by molar-refractivity contribution is 5.75. The van der Waals surface area contributed by atoms with Crippen molar-refractivity contribution >= 4 is 17.5 Å². The molecule has 3 aromatic rings. The highest BCUT2D eigenvalue weighted by Crippen LogP contribution is 2.26. The van der Waals surface area contributed by atoms with Gasteiger partial charge in [-0.05, 0) is 19.1 Å². The third kappa shape index (κ3) is 2.97. The summed E-state index contributed by atoms with van der Waals surface area (Å²) in [6.45, 7) is 2.05. The van der Waals surface area contributed by atoms with E-state index in [-0.39, 0.29) is 5.95 Å². The fourth-order valence-electron chi connectivity index (χ4n) is 1.99. The van der Waals surface area contributed by atoms with Gasteiger partial charge in [0.15, 0.2) is 5.82 Å². The van der Waals surface area contributed by atoms with Crippen LogP contribution in [0.25, 0.3) is 11.3 Å². The Kier molecular flexibility index (Phi) is 3.47. The molecule has 1 heterocycles. The molecule has 21 heavy (non-hydrogen) atoms. The molecule has 0 fully saturated rings. The van der Waals surface area contributed by atoms with E-state index in [0.717, 1.165) is 11.3 Å². The number of benzene rings is 2. The van der Waals surface area contributed by atoms with Crippen molar-refractivity contribution in [2.24, 2.45) is 0 Å². The van der Waals surface area contributed by atoms with Crippen LogP contribution in [0.15, 0.2) is 54.6 Å². The fourth-order valence-corrected chi connectivity index (χ4v) is 1.99. The number of hydrogen-bond acceptors (Lipinski definition) is 5. The topological polar surface area (TPSA) is 76.7 Å². The molecule has 0 aliphatic rings. The van der Waals surface area contributed by atoms with Crippen LogP contribution < -0.4 is 11.1 Å². The zero-order valence-electron chi connectivity index (χ0n) is 11.6. The van der Waals surface area contributed by atoms with E-state index in [1.807, 2.05) is 61.5 Å². The zero-order valence-corrected chi connectivity index (χ0v) is 11.6. The smallest absolute Gasteiger partial charge is 0.242 e. The van der Waals surface area contributed by atoms with Crippen molar-refractivity contribution in [2.45, 2.75) is 6.92 Å². The summed E-state index contributed by atoms with van der Waals surface area (Å²) in [5.74, 6) is 0.738. The average Bonchev–Trinajstić information content (AvgIpc) is 2.51. The molecule has 0 saturated carbocycles. The lowest BCUT2D eigenvalue weighted by atomic mass is 10.1. The van der Waals surface area contributed by atoms with Crippen LogP contribution in [0.2, 0.25) is 0 Å². The van der Waals surface area contributed by atoms with E-state index in [0.29, 0.717) is 11.5 Å². The third-order valence-electron chi connectivity index (χ3n) is 3.06. The average molecular weight is 277 g/mol. The largest absolute Gasteiger partial charge is 0.366 e. The van der Waals surface area contributed by atoms with Crippen molar-refractivity contribution in [3.63, 3.8) is 0 Å². The van der Waals surface area contributed by atoms with Gasteiger partial charge >= 0.3 is 0 Å². The fraction of sp³-hybridized carbons (Fsp3) is 0.0625. The molecule has 0 radical (unpaired) electrons. The van der Waals surface area contributed by atoms with Gasteiger partial charge in [0.2, 0.25) is 5.95 Å². The quantitative estimate of drug-likeness (QED) is 0.769. The Balaban J connectivity index is 2.01. The maximum Gasteiger partial charge on any atom is 0.242 e. The van der Waals surface area contributed by atoms with Gasteiger partial charge in [-0.15, -0.1) is 10.2 Å². The molecular formula is C16H15N5. The van der Waals surface area contributed by atoms with E-state index in [1.54, 1.807) is 0 Å². The molecule has 1 aromatic heterocycles. The molecule has 0 atom stereocenters. The second-order valence-electron chi connectivity index (χ2n) is 4.72. The van der Waals surface area contributed by atoms with E-state index < -0.39 is 0 Å². The van der Waals surface area contributed by atoms with Crippen molar-refractivity contribution in [3.05, 3.63) is 60.2 Å². The molecule has 5 nitrogen and oxygen atoms in total. The van der Waals surface area contributed by atoms with Gasteiger partial charge in [0.05, 0.1) is 0 Å². The maximum atomic E-state index is 5.66. The van der Waals surface area contributed by atoms with E-state index in [1.165, 1.54) is 5.56 Å². The van der Waals surface area contributed by atoms with E-state index in [4.69, 9.17) is 5.73 Å². The number of anilines is 3. The number of nitrogens with zero attached hydrogens (tertiary/aromatic N) is 3. The third-order valence-corrected chi connectivity index (χ3v) is 3.06. The van der Waals surface area contributed by atoms with Crippen LogP contribution in [0, 0.1) is 6.92 Å². The molecule has 0 saturated heterocycles. The van der Waals surface area contributed by atoms with Gasteiger partial charge in [-0.2, -0.15) is 4.98 Å². The molecule has 3 N–H and O–H groups in total. The van der Waals surface area contributed by atoms with Crippen LogP contribution in [-0.4, -0.2) is 15.2 Å². The number of nitrogen functional groups attached to an aromatic ring is 1. The predicted molar refractivity (Wildman–Crippen MR) is 84.1 cm³/mol. The standard InChI is InChI=1S/C16H15N5/c1-11-7-9-13(10-8-11)18-15-14(20-21-16(17)19-15)12-5-3-2-4-6-12/h2-10H,1H3,(H3,17,18,19,21). The number of rotatable bonds is 3. The summed E-state index contributed by atoms with van der Waals surface area (Å²) in [4.78, 5) is 4.26. The van der Waals surface area contributed by atoms with Crippen molar-refractivity contribution in [3.8, 4) is 11.3 Å². The normalized spacial score (nSPS) is 10.3. The summed E-state index contributed by atoms with van der Waals surface area (Å²) in [6, 6.07) is 17.8. The zero-order chi connectivity index (χ0) is 14.7.